The molecule has 0 radical (unpaired) electrons. The zero-order valence-electron chi connectivity index (χ0n) is 10.2. The third-order valence-electron chi connectivity index (χ3n) is 2.55. The highest BCUT2D eigenvalue weighted by Gasteiger charge is 2.20. The zero-order chi connectivity index (χ0) is 11.6. The van der Waals surface area contributed by atoms with E-state index in [1.165, 1.54) is 5.56 Å². The minimum absolute atomic E-state index is 0.170. The summed E-state index contributed by atoms with van der Waals surface area (Å²) in [6.45, 7) is 8.55. The van der Waals surface area contributed by atoms with E-state index in [-0.39, 0.29) is 4.75 Å². The fraction of sp³-hybridized carbons (Fsp3) is 0.538. The molecule has 0 aliphatic heterocycles. The van der Waals surface area contributed by atoms with E-state index in [2.05, 4.69) is 52.5 Å². The van der Waals surface area contributed by atoms with E-state index >= 15 is 0 Å². The molecule has 0 atom stereocenters. The van der Waals surface area contributed by atoms with Gasteiger partial charge in [-0.1, -0.05) is 26.0 Å². The quantitative estimate of drug-likeness (QED) is 0.764. The molecule has 1 aromatic rings. The molecule has 0 aromatic heterocycles. The van der Waals surface area contributed by atoms with Crippen LogP contribution in [0, 0.1) is 0 Å². The number of ether oxygens (including phenoxy) is 1. The molecule has 1 aromatic carbocycles. The molecule has 1 rings (SSSR count). The second-order valence-corrected chi connectivity index (χ2v) is 5.79. The van der Waals surface area contributed by atoms with Crippen LogP contribution < -0.4 is 4.74 Å². The lowest BCUT2D eigenvalue weighted by atomic mass is 9.94. The van der Waals surface area contributed by atoms with Crippen LogP contribution in [-0.2, 0) is 4.75 Å². The van der Waals surface area contributed by atoms with Crippen LogP contribution in [0.1, 0.15) is 44.7 Å². The van der Waals surface area contributed by atoms with Crippen LogP contribution >= 0.6 is 12.6 Å². The summed E-state index contributed by atoms with van der Waals surface area (Å²) < 4.78 is 5.19. The molecular formula is C13H20OS. The van der Waals surface area contributed by atoms with Crippen molar-refractivity contribution in [2.75, 3.05) is 7.11 Å². The summed E-state index contributed by atoms with van der Waals surface area (Å²) in [7, 11) is 1.70. The van der Waals surface area contributed by atoms with Gasteiger partial charge in [0.2, 0.25) is 0 Å². The van der Waals surface area contributed by atoms with Crippen molar-refractivity contribution in [3.8, 4) is 5.75 Å². The van der Waals surface area contributed by atoms with Gasteiger partial charge < -0.3 is 4.74 Å². The van der Waals surface area contributed by atoms with Gasteiger partial charge in [-0.15, -0.1) is 0 Å². The average Bonchev–Trinajstić information content (AvgIpc) is 2.15. The molecule has 0 bridgehead atoms. The van der Waals surface area contributed by atoms with E-state index in [1.54, 1.807) is 7.11 Å². The predicted molar refractivity (Wildman–Crippen MR) is 69.1 cm³/mol. The van der Waals surface area contributed by atoms with Crippen LogP contribution in [0.4, 0.5) is 0 Å². The van der Waals surface area contributed by atoms with Gasteiger partial charge in [0.25, 0.3) is 0 Å². The van der Waals surface area contributed by atoms with E-state index in [0.29, 0.717) is 5.92 Å². The Labute approximate surface area is 98.3 Å². The van der Waals surface area contributed by atoms with Crippen molar-refractivity contribution in [3.63, 3.8) is 0 Å². The molecule has 84 valence electrons. The lowest BCUT2D eigenvalue weighted by Gasteiger charge is -2.22. The van der Waals surface area contributed by atoms with Gasteiger partial charge in [-0.25, -0.2) is 0 Å². The topological polar surface area (TPSA) is 9.23 Å². The minimum atomic E-state index is -0.170. The Morgan fingerprint density at radius 1 is 1.27 bits per heavy atom. The van der Waals surface area contributed by atoms with Gasteiger partial charge in [0.05, 0.1) is 7.11 Å². The van der Waals surface area contributed by atoms with E-state index in [0.717, 1.165) is 11.3 Å². The van der Waals surface area contributed by atoms with Gasteiger partial charge in [-0.3, -0.25) is 0 Å². The van der Waals surface area contributed by atoms with E-state index < -0.39 is 0 Å². The first-order valence-electron chi connectivity index (χ1n) is 5.27. The summed E-state index contributed by atoms with van der Waals surface area (Å²) >= 11 is 4.60. The Bertz CT molecular complexity index is 337. The molecule has 15 heavy (non-hydrogen) atoms. The summed E-state index contributed by atoms with van der Waals surface area (Å²) in [6, 6.07) is 6.34. The highest BCUT2D eigenvalue weighted by molar-refractivity contribution is 7.81. The Morgan fingerprint density at radius 3 is 2.27 bits per heavy atom. The molecule has 0 amide bonds. The fourth-order valence-corrected chi connectivity index (χ4v) is 1.74. The van der Waals surface area contributed by atoms with Crippen LogP contribution in [0.15, 0.2) is 18.2 Å². The highest BCUT2D eigenvalue weighted by atomic mass is 32.1. The molecule has 0 saturated carbocycles. The van der Waals surface area contributed by atoms with Crippen molar-refractivity contribution in [1.29, 1.82) is 0 Å². The van der Waals surface area contributed by atoms with Gasteiger partial charge in [-0.05, 0) is 31.4 Å². The Hall–Kier alpha value is -0.630. The Kier molecular flexibility index (Phi) is 3.72. The highest BCUT2D eigenvalue weighted by Crippen LogP contribution is 2.36. The summed E-state index contributed by atoms with van der Waals surface area (Å²) in [6.07, 6.45) is 0. The minimum Gasteiger partial charge on any atom is -0.496 e. The molecule has 2 heteroatoms. The van der Waals surface area contributed by atoms with Crippen molar-refractivity contribution >= 4 is 12.6 Å². The molecule has 0 fully saturated rings. The monoisotopic (exact) mass is 224 g/mol. The third kappa shape index (κ3) is 2.91. The van der Waals surface area contributed by atoms with Crippen LogP contribution in [-0.4, -0.2) is 7.11 Å². The van der Waals surface area contributed by atoms with Crippen LogP contribution in [0.5, 0.6) is 5.75 Å². The standard InChI is InChI=1S/C13H20OS/c1-9(2)10-6-7-12(14-5)11(8-10)13(3,4)15/h6-9,15H,1-5H3. The molecule has 0 spiro atoms. The van der Waals surface area contributed by atoms with Crippen molar-refractivity contribution in [2.45, 2.75) is 38.4 Å². The molecule has 0 aliphatic rings. The van der Waals surface area contributed by atoms with E-state index in [9.17, 15) is 0 Å². The van der Waals surface area contributed by atoms with Gasteiger partial charge in [-0.2, -0.15) is 12.6 Å². The molecule has 1 nitrogen and oxygen atoms in total. The van der Waals surface area contributed by atoms with Crippen molar-refractivity contribution in [1.82, 2.24) is 0 Å². The van der Waals surface area contributed by atoms with Gasteiger partial charge in [0.15, 0.2) is 0 Å². The van der Waals surface area contributed by atoms with Crippen molar-refractivity contribution in [3.05, 3.63) is 29.3 Å². The van der Waals surface area contributed by atoms with Crippen molar-refractivity contribution in [2.24, 2.45) is 0 Å². The van der Waals surface area contributed by atoms with Crippen molar-refractivity contribution < 1.29 is 4.74 Å². The summed E-state index contributed by atoms with van der Waals surface area (Å²) in [5, 5.41) is 0. The SMILES string of the molecule is COc1ccc(C(C)C)cc1C(C)(C)S. The third-order valence-corrected chi connectivity index (χ3v) is 2.79. The Balaban J connectivity index is 3.26. The maximum absolute atomic E-state index is 5.36. The maximum atomic E-state index is 5.36. The first-order valence-corrected chi connectivity index (χ1v) is 5.71. The lowest BCUT2D eigenvalue weighted by Crippen LogP contribution is -2.10. The number of hydrogen-bond acceptors (Lipinski definition) is 2. The predicted octanol–water partition coefficient (Wildman–Crippen LogP) is 3.98. The van der Waals surface area contributed by atoms with Gasteiger partial charge in [0.1, 0.15) is 5.75 Å². The van der Waals surface area contributed by atoms with Gasteiger partial charge in [0, 0.05) is 10.3 Å². The van der Waals surface area contributed by atoms with Crippen LogP contribution in [0.3, 0.4) is 0 Å². The second kappa shape index (κ2) is 4.48. The van der Waals surface area contributed by atoms with E-state index in [1.807, 2.05) is 6.07 Å². The molecular weight excluding hydrogens is 204 g/mol. The number of benzene rings is 1. The maximum Gasteiger partial charge on any atom is 0.123 e. The second-order valence-electron chi connectivity index (χ2n) is 4.67. The van der Waals surface area contributed by atoms with Crippen LogP contribution in [0.25, 0.3) is 0 Å². The first kappa shape index (κ1) is 12.4. The number of rotatable bonds is 3. The van der Waals surface area contributed by atoms with Crippen LogP contribution in [0.2, 0.25) is 0 Å². The first-order chi connectivity index (χ1) is 6.86. The molecule has 0 saturated heterocycles. The average molecular weight is 224 g/mol. The fourth-order valence-electron chi connectivity index (χ4n) is 1.56. The zero-order valence-corrected chi connectivity index (χ0v) is 11.1. The molecule has 0 N–H and O–H groups in total. The molecule has 0 aliphatic carbocycles. The summed E-state index contributed by atoms with van der Waals surface area (Å²) in [5.41, 5.74) is 2.48. The number of methoxy groups -OCH3 is 1. The summed E-state index contributed by atoms with van der Waals surface area (Å²) in [4.78, 5) is 0. The number of thiol groups is 1. The smallest absolute Gasteiger partial charge is 0.123 e. The summed E-state index contributed by atoms with van der Waals surface area (Å²) in [5.74, 6) is 1.45. The van der Waals surface area contributed by atoms with Gasteiger partial charge >= 0.3 is 0 Å². The molecule has 0 heterocycles. The molecule has 0 unspecified atom stereocenters. The largest absolute Gasteiger partial charge is 0.496 e. The normalized spacial score (nSPS) is 11.9. The van der Waals surface area contributed by atoms with E-state index in [4.69, 9.17) is 4.74 Å². The Morgan fingerprint density at radius 2 is 1.87 bits per heavy atom. The lowest BCUT2D eigenvalue weighted by molar-refractivity contribution is 0.405. The number of hydrogen-bond donors (Lipinski definition) is 1.